The van der Waals surface area contributed by atoms with Crippen LogP contribution in [0.5, 0.6) is 0 Å². The van der Waals surface area contributed by atoms with E-state index >= 15 is 0 Å². The third-order valence-electron chi connectivity index (χ3n) is 3.01. The van der Waals surface area contributed by atoms with Crippen molar-refractivity contribution >= 4 is 11.8 Å². The van der Waals surface area contributed by atoms with Gasteiger partial charge in [-0.15, -0.1) is 0 Å². The van der Waals surface area contributed by atoms with E-state index < -0.39 is 10.8 Å². The first kappa shape index (κ1) is 12.6. The molecule has 0 aromatic carbocycles. The minimum Gasteiger partial charge on any atom is -0.395 e. The minimum atomic E-state index is -0.652. The highest BCUT2D eigenvalue weighted by molar-refractivity contribution is 5.92. The Hall–Kier alpha value is -1.89. The number of carbonyl (C=O) groups is 1. The molecule has 0 radical (unpaired) electrons. The van der Waals surface area contributed by atoms with E-state index in [0.717, 1.165) is 0 Å². The lowest BCUT2D eigenvalue weighted by atomic mass is 10.1. The van der Waals surface area contributed by atoms with Crippen LogP contribution in [0.15, 0.2) is 16.5 Å². The van der Waals surface area contributed by atoms with Crippen LogP contribution < -0.4 is 5.32 Å². The highest BCUT2D eigenvalue weighted by atomic mass is 16.6. The zero-order valence-corrected chi connectivity index (χ0v) is 10.3. The van der Waals surface area contributed by atoms with Crippen LogP contribution in [0.25, 0.3) is 0 Å². The van der Waals surface area contributed by atoms with Crippen molar-refractivity contribution in [3.8, 4) is 0 Å². The largest absolute Gasteiger partial charge is 0.433 e. The molecule has 1 aromatic rings. The maximum absolute atomic E-state index is 12.2. The summed E-state index contributed by atoms with van der Waals surface area (Å²) in [5, 5.41) is 13.8. The van der Waals surface area contributed by atoms with Crippen molar-refractivity contribution in [1.82, 2.24) is 10.2 Å². The molecule has 0 bridgehead atoms. The van der Waals surface area contributed by atoms with E-state index in [1.54, 1.807) is 4.90 Å². The average Bonchev–Trinajstić information content (AvgIpc) is 2.81. The number of furan rings is 1. The van der Waals surface area contributed by atoms with Gasteiger partial charge in [-0.25, -0.2) is 0 Å². The fraction of sp³-hybridized carbons (Fsp3) is 0.545. The molecule has 2 atom stereocenters. The monoisotopic (exact) mass is 253 g/mol. The zero-order chi connectivity index (χ0) is 13.3. The average molecular weight is 253 g/mol. The van der Waals surface area contributed by atoms with E-state index in [2.05, 4.69) is 5.32 Å². The van der Waals surface area contributed by atoms with Crippen LogP contribution in [0.1, 0.15) is 24.4 Å². The molecule has 1 aromatic heterocycles. The van der Waals surface area contributed by atoms with E-state index in [9.17, 15) is 14.9 Å². The fourth-order valence-corrected chi connectivity index (χ4v) is 1.99. The van der Waals surface area contributed by atoms with Crippen molar-refractivity contribution in [2.75, 3.05) is 13.1 Å². The summed E-state index contributed by atoms with van der Waals surface area (Å²) in [4.78, 5) is 23.7. The molecule has 0 aliphatic carbocycles. The van der Waals surface area contributed by atoms with Gasteiger partial charge in [-0.3, -0.25) is 14.9 Å². The van der Waals surface area contributed by atoms with Crippen LogP contribution in [0.3, 0.4) is 0 Å². The molecule has 1 aliphatic heterocycles. The molecule has 1 aliphatic rings. The molecule has 1 fully saturated rings. The van der Waals surface area contributed by atoms with Crippen molar-refractivity contribution in [3.63, 3.8) is 0 Å². The molecule has 0 saturated carbocycles. The Morgan fingerprint density at radius 2 is 2.28 bits per heavy atom. The number of hydrogen-bond acceptors (Lipinski definition) is 5. The molecule has 2 unspecified atom stereocenters. The maximum Gasteiger partial charge on any atom is 0.433 e. The second kappa shape index (κ2) is 4.77. The lowest BCUT2D eigenvalue weighted by molar-refractivity contribution is -0.402. The molecule has 18 heavy (non-hydrogen) atoms. The summed E-state index contributed by atoms with van der Waals surface area (Å²) in [6.45, 7) is 5.18. The van der Waals surface area contributed by atoms with Gasteiger partial charge in [0.1, 0.15) is 4.92 Å². The highest BCUT2D eigenvalue weighted by Crippen LogP contribution is 2.19. The second-order valence-electron chi connectivity index (χ2n) is 4.51. The van der Waals surface area contributed by atoms with Gasteiger partial charge in [0.25, 0.3) is 5.91 Å². The van der Waals surface area contributed by atoms with Gasteiger partial charge in [0.05, 0.1) is 6.07 Å². The number of nitrogens with one attached hydrogen (secondary N) is 1. The molecule has 1 N–H and O–H groups in total. The summed E-state index contributed by atoms with van der Waals surface area (Å²) in [6.07, 6.45) is 0. The fourth-order valence-electron chi connectivity index (χ4n) is 1.99. The standard InChI is InChI=1S/C11H15N3O4/c1-7-6-13(8(2)5-12-7)11(15)9-3-4-10(18-9)14(16)17/h3-4,7-8,12H,5-6H2,1-2H3. The Balaban J connectivity index is 2.16. The Labute approximate surface area is 104 Å². The summed E-state index contributed by atoms with van der Waals surface area (Å²) in [5.41, 5.74) is 0. The lowest BCUT2D eigenvalue weighted by Gasteiger charge is -2.36. The number of rotatable bonds is 2. The number of piperazine rings is 1. The second-order valence-corrected chi connectivity index (χ2v) is 4.51. The SMILES string of the molecule is CC1CN(C(=O)c2ccc([N+](=O)[O-])o2)C(C)CN1. The first-order valence-electron chi connectivity index (χ1n) is 5.77. The van der Waals surface area contributed by atoms with Gasteiger partial charge in [0, 0.05) is 25.2 Å². The van der Waals surface area contributed by atoms with E-state index in [-0.39, 0.29) is 23.8 Å². The molecular formula is C11H15N3O4. The molecule has 1 amide bonds. The number of carbonyl (C=O) groups excluding carboxylic acids is 1. The van der Waals surface area contributed by atoms with Gasteiger partial charge in [0.2, 0.25) is 0 Å². The Bertz CT molecular complexity index is 471. The summed E-state index contributed by atoms with van der Waals surface area (Å²) in [5.74, 6) is -0.694. The quantitative estimate of drug-likeness (QED) is 0.627. The van der Waals surface area contributed by atoms with Gasteiger partial charge >= 0.3 is 5.88 Å². The third-order valence-corrected chi connectivity index (χ3v) is 3.01. The van der Waals surface area contributed by atoms with Crippen molar-refractivity contribution in [2.24, 2.45) is 0 Å². The lowest BCUT2D eigenvalue weighted by Crippen LogP contribution is -2.56. The van der Waals surface area contributed by atoms with Crippen LogP contribution in [0.4, 0.5) is 5.88 Å². The Kier molecular flexibility index (Phi) is 3.33. The predicted octanol–water partition coefficient (Wildman–Crippen LogP) is 1.01. The highest BCUT2D eigenvalue weighted by Gasteiger charge is 2.30. The Morgan fingerprint density at radius 3 is 2.89 bits per heavy atom. The van der Waals surface area contributed by atoms with Crippen molar-refractivity contribution in [1.29, 1.82) is 0 Å². The topological polar surface area (TPSA) is 88.6 Å². The van der Waals surface area contributed by atoms with Crippen LogP contribution in [-0.4, -0.2) is 40.9 Å². The molecule has 98 valence electrons. The molecule has 7 nitrogen and oxygen atoms in total. The van der Waals surface area contributed by atoms with Gasteiger partial charge in [-0.1, -0.05) is 0 Å². The third kappa shape index (κ3) is 2.35. The van der Waals surface area contributed by atoms with E-state index in [0.29, 0.717) is 13.1 Å². The van der Waals surface area contributed by atoms with E-state index in [1.165, 1.54) is 12.1 Å². The van der Waals surface area contributed by atoms with Gasteiger partial charge in [-0.05, 0) is 19.9 Å². The molecule has 2 rings (SSSR count). The van der Waals surface area contributed by atoms with Crippen molar-refractivity contribution < 1.29 is 14.1 Å². The number of nitrogens with zero attached hydrogens (tertiary/aromatic N) is 2. The molecule has 2 heterocycles. The normalized spacial score (nSPS) is 24.0. The van der Waals surface area contributed by atoms with Crippen LogP contribution in [0.2, 0.25) is 0 Å². The van der Waals surface area contributed by atoms with Gasteiger partial charge in [0.15, 0.2) is 5.76 Å². The number of amides is 1. The summed E-state index contributed by atoms with van der Waals surface area (Å²) < 4.78 is 4.93. The van der Waals surface area contributed by atoms with E-state index in [1.807, 2.05) is 13.8 Å². The first-order valence-corrected chi connectivity index (χ1v) is 5.77. The van der Waals surface area contributed by atoms with Gasteiger partial charge in [-0.2, -0.15) is 0 Å². The summed E-state index contributed by atoms with van der Waals surface area (Å²) >= 11 is 0. The summed E-state index contributed by atoms with van der Waals surface area (Å²) in [6, 6.07) is 2.79. The Morgan fingerprint density at radius 1 is 1.56 bits per heavy atom. The number of nitro groups is 1. The molecule has 7 heteroatoms. The van der Waals surface area contributed by atoms with Crippen LogP contribution >= 0.6 is 0 Å². The van der Waals surface area contributed by atoms with Crippen LogP contribution in [0, 0.1) is 10.1 Å². The number of hydrogen-bond donors (Lipinski definition) is 1. The smallest absolute Gasteiger partial charge is 0.395 e. The van der Waals surface area contributed by atoms with Crippen LogP contribution in [-0.2, 0) is 0 Å². The first-order chi connectivity index (χ1) is 8.49. The van der Waals surface area contributed by atoms with Crippen molar-refractivity contribution in [2.45, 2.75) is 25.9 Å². The molecule has 0 spiro atoms. The minimum absolute atomic E-state index is 0.0163. The predicted molar refractivity (Wildman–Crippen MR) is 63.3 cm³/mol. The van der Waals surface area contributed by atoms with Gasteiger partial charge < -0.3 is 14.6 Å². The zero-order valence-electron chi connectivity index (χ0n) is 10.3. The van der Waals surface area contributed by atoms with Crippen molar-refractivity contribution in [3.05, 3.63) is 28.0 Å². The molecule has 1 saturated heterocycles. The summed E-state index contributed by atoms with van der Waals surface area (Å²) in [7, 11) is 0. The maximum atomic E-state index is 12.2. The van der Waals surface area contributed by atoms with E-state index in [4.69, 9.17) is 4.42 Å². The molecular weight excluding hydrogens is 238 g/mol.